The zero-order valence-corrected chi connectivity index (χ0v) is 18.8. The molecule has 1 atom stereocenters. The van der Waals surface area contributed by atoms with Crippen molar-refractivity contribution in [2.75, 3.05) is 72.9 Å². The van der Waals surface area contributed by atoms with Crippen LogP contribution in [0.3, 0.4) is 0 Å². The maximum Gasteiger partial charge on any atom is 0.191 e. The minimum atomic E-state index is 0.290. The van der Waals surface area contributed by atoms with Crippen molar-refractivity contribution in [1.29, 1.82) is 0 Å². The van der Waals surface area contributed by atoms with Gasteiger partial charge in [-0.05, 0) is 25.3 Å². The molecule has 0 spiro atoms. The normalized spacial score (nSPS) is 20.0. The summed E-state index contributed by atoms with van der Waals surface area (Å²) >= 11 is 0. The van der Waals surface area contributed by atoms with Gasteiger partial charge in [0.25, 0.3) is 0 Å². The highest BCUT2D eigenvalue weighted by Crippen LogP contribution is 2.17. The van der Waals surface area contributed by atoms with E-state index in [4.69, 9.17) is 18.9 Å². The van der Waals surface area contributed by atoms with Crippen LogP contribution in [0.15, 0.2) is 29.3 Å². The third-order valence-corrected chi connectivity index (χ3v) is 5.50. The maximum atomic E-state index is 6.06. The number of guanidine groups is 1. The number of aliphatic imine (C=N–C) groups is 1. The minimum absolute atomic E-state index is 0.290. The molecule has 0 saturated carbocycles. The van der Waals surface area contributed by atoms with Crippen LogP contribution >= 0.6 is 0 Å². The largest absolute Gasteiger partial charge is 0.492 e. The highest BCUT2D eigenvalue weighted by atomic mass is 16.5. The summed E-state index contributed by atoms with van der Waals surface area (Å²) in [6.45, 7) is 8.95. The summed E-state index contributed by atoms with van der Waals surface area (Å²) in [7, 11) is 1.79. The molecule has 2 aliphatic heterocycles. The predicted molar refractivity (Wildman–Crippen MR) is 122 cm³/mol. The highest BCUT2D eigenvalue weighted by Gasteiger charge is 2.15. The lowest BCUT2D eigenvalue weighted by Gasteiger charge is -2.26. The molecule has 2 fully saturated rings. The van der Waals surface area contributed by atoms with E-state index in [2.05, 4.69) is 26.6 Å². The average Bonchev–Trinajstić information content (AvgIpc) is 3.33. The first-order valence-electron chi connectivity index (χ1n) is 11.5. The molecule has 0 amide bonds. The van der Waals surface area contributed by atoms with Crippen molar-refractivity contribution < 1.29 is 18.9 Å². The Morgan fingerprint density at radius 1 is 1.16 bits per heavy atom. The van der Waals surface area contributed by atoms with Crippen molar-refractivity contribution >= 4 is 5.96 Å². The number of nitrogens with one attached hydrogen (secondary N) is 2. The zero-order valence-electron chi connectivity index (χ0n) is 18.8. The van der Waals surface area contributed by atoms with E-state index in [-0.39, 0.29) is 0 Å². The molecule has 2 heterocycles. The van der Waals surface area contributed by atoms with Crippen molar-refractivity contribution in [1.82, 2.24) is 15.5 Å². The molecule has 2 saturated heterocycles. The fourth-order valence-corrected chi connectivity index (χ4v) is 3.67. The van der Waals surface area contributed by atoms with Crippen molar-refractivity contribution in [2.24, 2.45) is 4.99 Å². The quantitative estimate of drug-likeness (QED) is 0.294. The van der Waals surface area contributed by atoms with Crippen LogP contribution < -0.4 is 15.4 Å². The average molecular weight is 435 g/mol. The summed E-state index contributed by atoms with van der Waals surface area (Å²) in [6.07, 6.45) is 3.49. The number of benzene rings is 1. The zero-order chi connectivity index (χ0) is 21.6. The molecule has 31 heavy (non-hydrogen) atoms. The van der Waals surface area contributed by atoms with Crippen molar-refractivity contribution in [3.8, 4) is 5.75 Å². The van der Waals surface area contributed by atoms with Gasteiger partial charge in [0.2, 0.25) is 0 Å². The van der Waals surface area contributed by atoms with E-state index >= 15 is 0 Å². The second-order valence-corrected chi connectivity index (χ2v) is 7.83. The van der Waals surface area contributed by atoms with Gasteiger partial charge < -0.3 is 29.6 Å². The fraction of sp³-hybridized carbons (Fsp3) is 0.696. The fourth-order valence-electron chi connectivity index (χ4n) is 3.67. The first-order chi connectivity index (χ1) is 15.3. The second kappa shape index (κ2) is 14.2. The molecule has 0 aliphatic carbocycles. The molecule has 1 aromatic carbocycles. The SMILES string of the molecule is CN=C(NCCCOCC1CCCO1)NCc1ccccc1OCCN1CCOCC1. The number of morpholine rings is 1. The van der Waals surface area contributed by atoms with Gasteiger partial charge in [0.05, 0.1) is 25.9 Å². The molecule has 8 nitrogen and oxygen atoms in total. The Hall–Kier alpha value is -1.87. The number of rotatable bonds is 12. The van der Waals surface area contributed by atoms with Gasteiger partial charge >= 0.3 is 0 Å². The summed E-state index contributed by atoms with van der Waals surface area (Å²) in [5, 5.41) is 6.71. The molecular formula is C23H38N4O4. The van der Waals surface area contributed by atoms with Gasteiger partial charge in [-0.15, -0.1) is 0 Å². The molecule has 2 N–H and O–H groups in total. The Kier molecular flexibility index (Phi) is 10.9. The van der Waals surface area contributed by atoms with E-state index in [1.807, 2.05) is 18.2 Å². The van der Waals surface area contributed by atoms with E-state index < -0.39 is 0 Å². The van der Waals surface area contributed by atoms with Crippen LogP contribution in [0.25, 0.3) is 0 Å². The van der Waals surface area contributed by atoms with Crippen LogP contribution in [0, 0.1) is 0 Å². The molecule has 1 aromatic rings. The van der Waals surface area contributed by atoms with Gasteiger partial charge in [-0.1, -0.05) is 18.2 Å². The van der Waals surface area contributed by atoms with E-state index in [1.54, 1.807) is 7.05 Å². The van der Waals surface area contributed by atoms with Gasteiger partial charge in [0, 0.05) is 58.5 Å². The monoisotopic (exact) mass is 434 g/mol. The smallest absolute Gasteiger partial charge is 0.191 e. The lowest BCUT2D eigenvalue weighted by molar-refractivity contribution is 0.0168. The molecule has 0 aromatic heterocycles. The van der Waals surface area contributed by atoms with Gasteiger partial charge in [-0.2, -0.15) is 0 Å². The van der Waals surface area contributed by atoms with Crippen LogP contribution in [0.2, 0.25) is 0 Å². The molecule has 3 rings (SSSR count). The van der Waals surface area contributed by atoms with Gasteiger partial charge in [-0.25, -0.2) is 0 Å². The van der Waals surface area contributed by atoms with Crippen molar-refractivity contribution in [3.05, 3.63) is 29.8 Å². The van der Waals surface area contributed by atoms with E-state index in [9.17, 15) is 0 Å². The van der Waals surface area contributed by atoms with E-state index in [1.165, 1.54) is 0 Å². The molecule has 1 unspecified atom stereocenters. The number of para-hydroxylation sites is 1. The lowest BCUT2D eigenvalue weighted by Crippen LogP contribution is -2.39. The van der Waals surface area contributed by atoms with Gasteiger partial charge in [0.1, 0.15) is 12.4 Å². The number of ether oxygens (including phenoxy) is 4. The Balaban J connectivity index is 1.31. The van der Waals surface area contributed by atoms with E-state index in [0.717, 1.165) is 89.1 Å². The third kappa shape index (κ3) is 9.03. The van der Waals surface area contributed by atoms with Crippen LogP contribution in [-0.2, 0) is 20.8 Å². The maximum absolute atomic E-state index is 6.06. The van der Waals surface area contributed by atoms with E-state index in [0.29, 0.717) is 25.9 Å². The summed E-state index contributed by atoms with van der Waals surface area (Å²) < 4.78 is 22.7. The predicted octanol–water partition coefficient (Wildman–Crippen LogP) is 1.65. The van der Waals surface area contributed by atoms with Crippen LogP contribution in [0.5, 0.6) is 5.75 Å². The van der Waals surface area contributed by atoms with Crippen LogP contribution in [-0.4, -0.2) is 89.8 Å². The summed E-state index contributed by atoms with van der Waals surface area (Å²) in [5.74, 6) is 1.70. The first-order valence-corrected chi connectivity index (χ1v) is 11.5. The molecular weight excluding hydrogens is 396 g/mol. The molecule has 8 heteroatoms. The highest BCUT2D eigenvalue weighted by molar-refractivity contribution is 5.79. The lowest BCUT2D eigenvalue weighted by atomic mass is 10.2. The summed E-state index contributed by atoms with van der Waals surface area (Å²) in [5.41, 5.74) is 1.12. The van der Waals surface area contributed by atoms with Gasteiger partial charge in [-0.3, -0.25) is 9.89 Å². The molecule has 174 valence electrons. The number of hydrogen-bond acceptors (Lipinski definition) is 6. The van der Waals surface area contributed by atoms with Crippen LogP contribution in [0.4, 0.5) is 0 Å². The standard InChI is InChI=1S/C23H38N4O4/c1-24-23(25-9-5-13-29-19-21-7-4-14-30-21)26-18-20-6-2-3-8-22(20)31-17-12-27-10-15-28-16-11-27/h2-3,6,8,21H,4-5,7,9-19H2,1H3,(H2,24,25,26). The molecule has 2 aliphatic rings. The minimum Gasteiger partial charge on any atom is -0.492 e. The van der Waals surface area contributed by atoms with Crippen molar-refractivity contribution in [2.45, 2.75) is 31.9 Å². The summed E-state index contributed by atoms with van der Waals surface area (Å²) in [6, 6.07) is 8.16. The topological polar surface area (TPSA) is 76.6 Å². The molecule has 0 bridgehead atoms. The number of hydrogen-bond donors (Lipinski definition) is 2. The Labute approximate surface area is 186 Å². The third-order valence-electron chi connectivity index (χ3n) is 5.50. The van der Waals surface area contributed by atoms with Gasteiger partial charge in [0.15, 0.2) is 5.96 Å². The Morgan fingerprint density at radius 2 is 2.03 bits per heavy atom. The Bertz CT molecular complexity index is 646. The summed E-state index contributed by atoms with van der Waals surface area (Å²) in [4.78, 5) is 6.69. The second-order valence-electron chi connectivity index (χ2n) is 7.83. The van der Waals surface area contributed by atoms with Crippen molar-refractivity contribution in [3.63, 3.8) is 0 Å². The number of nitrogens with zero attached hydrogens (tertiary/aromatic N) is 2. The molecule has 0 radical (unpaired) electrons. The first kappa shape index (κ1) is 23.8. The Morgan fingerprint density at radius 3 is 2.84 bits per heavy atom. The van der Waals surface area contributed by atoms with Crippen LogP contribution in [0.1, 0.15) is 24.8 Å².